The Balaban J connectivity index is 1.85. The van der Waals surface area contributed by atoms with Gasteiger partial charge in [0.1, 0.15) is 5.82 Å². The van der Waals surface area contributed by atoms with E-state index in [4.69, 9.17) is 0 Å². The molecule has 0 N–H and O–H groups in total. The van der Waals surface area contributed by atoms with Crippen LogP contribution in [0.5, 0.6) is 0 Å². The van der Waals surface area contributed by atoms with E-state index in [1.54, 1.807) is 12.1 Å². The highest BCUT2D eigenvalue weighted by Crippen LogP contribution is 2.21. The zero-order valence-electron chi connectivity index (χ0n) is 16.1. The third kappa shape index (κ3) is 3.85. The van der Waals surface area contributed by atoms with Gasteiger partial charge in [0.05, 0.1) is 17.1 Å². The molecule has 0 radical (unpaired) electrons. The first kappa shape index (κ1) is 18.3. The normalized spacial score (nSPS) is 11.5. The standard InChI is InChI=1S/C20H26FN5/c1-6-25-13-18(16(4)23-25)12-24(5)11-17-10-19(21)7-8-20(17)26-15(3)9-14(2)22-26/h7-10,13H,6,11-12H2,1-5H3. The molecular weight excluding hydrogens is 329 g/mol. The van der Waals surface area contributed by atoms with E-state index in [2.05, 4.69) is 28.2 Å². The van der Waals surface area contributed by atoms with Crippen molar-refractivity contribution in [2.75, 3.05) is 7.05 Å². The van der Waals surface area contributed by atoms with Crippen molar-refractivity contribution in [2.45, 2.75) is 47.3 Å². The van der Waals surface area contributed by atoms with Gasteiger partial charge in [-0.2, -0.15) is 10.2 Å². The van der Waals surface area contributed by atoms with E-state index in [-0.39, 0.29) is 5.82 Å². The Morgan fingerprint density at radius 2 is 1.77 bits per heavy atom. The molecule has 0 fully saturated rings. The minimum Gasteiger partial charge on any atom is -0.298 e. The fourth-order valence-electron chi connectivity index (χ4n) is 3.27. The number of benzene rings is 1. The Labute approximate surface area is 154 Å². The van der Waals surface area contributed by atoms with Gasteiger partial charge in [-0.15, -0.1) is 0 Å². The number of hydrogen-bond acceptors (Lipinski definition) is 3. The molecule has 2 aromatic heterocycles. The van der Waals surface area contributed by atoms with Gasteiger partial charge in [-0.3, -0.25) is 9.58 Å². The van der Waals surface area contributed by atoms with Gasteiger partial charge in [-0.1, -0.05) is 0 Å². The van der Waals surface area contributed by atoms with Gasteiger partial charge in [-0.25, -0.2) is 9.07 Å². The summed E-state index contributed by atoms with van der Waals surface area (Å²) in [7, 11) is 2.04. The highest BCUT2D eigenvalue weighted by atomic mass is 19.1. The smallest absolute Gasteiger partial charge is 0.123 e. The van der Waals surface area contributed by atoms with Crippen LogP contribution in [0.3, 0.4) is 0 Å². The van der Waals surface area contributed by atoms with E-state index in [0.717, 1.165) is 41.4 Å². The van der Waals surface area contributed by atoms with E-state index in [9.17, 15) is 4.39 Å². The topological polar surface area (TPSA) is 38.9 Å². The maximum absolute atomic E-state index is 13.9. The lowest BCUT2D eigenvalue weighted by atomic mass is 10.1. The second-order valence-electron chi connectivity index (χ2n) is 6.88. The van der Waals surface area contributed by atoms with Crippen molar-refractivity contribution >= 4 is 0 Å². The lowest BCUT2D eigenvalue weighted by molar-refractivity contribution is 0.317. The quantitative estimate of drug-likeness (QED) is 0.675. The molecule has 5 nitrogen and oxygen atoms in total. The van der Waals surface area contributed by atoms with Crippen molar-refractivity contribution in [3.05, 3.63) is 64.5 Å². The van der Waals surface area contributed by atoms with Crippen LogP contribution in [0.1, 0.15) is 35.1 Å². The number of aryl methyl sites for hydroxylation is 4. The number of aromatic nitrogens is 4. The maximum atomic E-state index is 13.9. The fourth-order valence-corrected chi connectivity index (χ4v) is 3.27. The molecule has 0 aliphatic rings. The zero-order valence-corrected chi connectivity index (χ0v) is 16.1. The molecule has 0 aliphatic heterocycles. The van der Waals surface area contributed by atoms with Gasteiger partial charge in [0.15, 0.2) is 0 Å². The summed E-state index contributed by atoms with van der Waals surface area (Å²) in [5.74, 6) is -0.228. The van der Waals surface area contributed by atoms with E-state index >= 15 is 0 Å². The number of halogens is 1. The first-order chi connectivity index (χ1) is 12.4. The second-order valence-corrected chi connectivity index (χ2v) is 6.88. The summed E-state index contributed by atoms with van der Waals surface area (Å²) in [5, 5.41) is 9.05. The van der Waals surface area contributed by atoms with Crippen molar-refractivity contribution in [2.24, 2.45) is 0 Å². The molecule has 138 valence electrons. The molecule has 0 saturated carbocycles. The van der Waals surface area contributed by atoms with Gasteiger partial charge >= 0.3 is 0 Å². The highest BCUT2D eigenvalue weighted by Gasteiger charge is 2.14. The Hall–Kier alpha value is -2.47. The minimum absolute atomic E-state index is 0.228. The van der Waals surface area contributed by atoms with Crippen LogP contribution < -0.4 is 0 Å². The van der Waals surface area contributed by atoms with E-state index in [1.165, 1.54) is 11.6 Å². The molecule has 0 atom stereocenters. The lowest BCUT2D eigenvalue weighted by Crippen LogP contribution is -2.19. The molecule has 2 heterocycles. The van der Waals surface area contributed by atoms with Crippen LogP contribution in [0.15, 0.2) is 30.5 Å². The molecular formula is C20H26FN5. The molecule has 1 aromatic carbocycles. The van der Waals surface area contributed by atoms with Gasteiger partial charge in [0, 0.05) is 37.1 Å². The number of rotatable bonds is 6. The summed E-state index contributed by atoms with van der Waals surface area (Å²) in [6.45, 7) is 10.3. The minimum atomic E-state index is -0.228. The predicted molar refractivity (Wildman–Crippen MR) is 101 cm³/mol. The van der Waals surface area contributed by atoms with E-state index in [0.29, 0.717) is 6.54 Å². The second kappa shape index (κ2) is 7.41. The molecule has 0 aliphatic carbocycles. The summed E-state index contributed by atoms with van der Waals surface area (Å²) in [4.78, 5) is 2.17. The molecule has 3 aromatic rings. The molecule has 0 bridgehead atoms. The molecule has 3 rings (SSSR count). The third-order valence-corrected chi connectivity index (χ3v) is 4.53. The fraction of sp³-hybridized carbons (Fsp3) is 0.400. The predicted octanol–water partition coefficient (Wildman–Crippen LogP) is 3.79. The zero-order chi connectivity index (χ0) is 18.8. The number of hydrogen-bond donors (Lipinski definition) is 0. The summed E-state index contributed by atoms with van der Waals surface area (Å²) < 4.78 is 17.7. The van der Waals surface area contributed by atoms with Crippen LogP contribution in [0.2, 0.25) is 0 Å². The Bertz CT molecular complexity index is 909. The molecule has 6 heteroatoms. The Morgan fingerprint density at radius 1 is 1.04 bits per heavy atom. The van der Waals surface area contributed by atoms with Gasteiger partial charge in [0.25, 0.3) is 0 Å². The first-order valence-corrected chi connectivity index (χ1v) is 8.91. The van der Waals surface area contributed by atoms with Crippen molar-refractivity contribution in [3.63, 3.8) is 0 Å². The van der Waals surface area contributed by atoms with Crippen molar-refractivity contribution < 1.29 is 4.39 Å². The van der Waals surface area contributed by atoms with Crippen molar-refractivity contribution in [3.8, 4) is 5.69 Å². The van der Waals surface area contributed by atoms with Crippen molar-refractivity contribution in [1.82, 2.24) is 24.5 Å². The van der Waals surface area contributed by atoms with Gasteiger partial charge in [-0.05, 0) is 64.6 Å². The van der Waals surface area contributed by atoms with Crippen molar-refractivity contribution in [1.29, 1.82) is 0 Å². The molecule has 0 saturated heterocycles. The van der Waals surface area contributed by atoms with Crippen LogP contribution in [-0.4, -0.2) is 31.5 Å². The average molecular weight is 355 g/mol. The largest absolute Gasteiger partial charge is 0.298 e. The maximum Gasteiger partial charge on any atom is 0.123 e. The SMILES string of the molecule is CCn1cc(CN(C)Cc2cc(F)ccc2-n2nc(C)cc2C)c(C)n1. The van der Waals surface area contributed by atoms with E-state index < -0.39 is 0 Å². The summed E-state index contributed by atoms with van der Waals surface area (Å²) >= 11 is 0. The highest BCUT2D eigenvalue weighted by molar-refractivity contribution is 5.42. The Morgan fingerprint density at radius 3 is 2.38 bits per heavy atom. The monoisotopic (exact) mass is 355 g/mol. The van der Waals surface area contributed by atoms with Crippen LogP contribution in [0.25, 0.3) is 5.69 Å². The van der Waals surface area contributed by atoms with Crippen LogP contribution in [0, 0.1) is 26.6 Å². The van der Waals surface area contributed by atoms with E-state index in [1.807, 2.05) is 43.2 Å². The summed E-state index contributed by atoms with van der Waals surface area (Å²) in [6, 6.07) is 6.92. The molecule has 0 amide bonds. The lowest BCUT2D eigenvalue weighted by Gasteiger charge is -2.19. The van der Waals surface area contributed by atoms with Crippen LogP contribution in [0.4, 0.5) is 4.39 Å². The van der Waals surface area contributed by atoms with Gasteiger partial charge < -0.3 is 0 Å². The summed E-state index contributed by atoms with van der Waals surface area (Å²) in [6.07, 6.45) is 2.08. The molecule has 0 spiro atoms. The average Bonchev–Trinajstić information content (AvgIpc) is 3.09. The number of nitrogens with zero attached hydrogens (tertiary/aromatic N) is 5. The van der Waals surface area contributed by atoms with Gasteiger partial charge in [0.2, 0.25) is 0 Å². The summed E-state index contributed by atoms with van der Waals surface area (Å²) in [5.41, 5.74) is 6.06. The third-order valence-electron chi connectivity index (χ3n) is 4.53. The molecule has 0 unspecified atom stereocenters. The Kier molecular flexibility index (Phi) is 5.23. The first-order valence-electron chi connectivity index (χ1n) is 8.91. The molecule has 26 heavy (non-hydrogen) atoms. The van der Waals surface area contributed by atoms with Crippen LogP contribution in [-0.2, 0) is 19.6 Å². The van der Waals surface area contributed by atoms with Crippen LogP contribution >= 0.6 is 0 Å².